The van der Waals surface area contributed by atoms with Gasteiger partial charge >= 0.3 is 6.18 Å². The van der Waals surface area contributed by atoms with Crippen LogP contribution in [0.2, 0.25) is 4.34 Å². The number of oxime groups is 1. The van der Waals surface area contributed by atoms with Crippen molar-refractivity contribution >= 4 is 52.2 Å². The van der Waals surface area contributed by atoms with Gasteiger partial charge in [-0.05, 0) is 53.6 Å². The Morgan fingerprint density at radius 2 is 2.00 bits per heavy atom. The molecule has 0 spiro atoms. The maximum absolute atomic E-state index is 13.2. The Labute approximate surface area is 220 Å². The number of hydrogen-bond acceptors (Lipinski definition) is 6. The minimum atomic E-state index is -4.44. The summed E-state index contributed by atoms with van der Waals surface area (Å²) in [6.07, 6.45) is -1.10. The van der Waals surface area contributed by atoms with E-state index in [1.165, 1.54) is 23.6 Å². The van der Waals surface area contributed by atoms with Crippen LogP contribution < -0.4 is 10.6 Å². The molecule has 37 heavy (non-hydrogen) atoms. The molecule has 1 aliphatic heterocycles. The third-order valence-electron chi connectivity index (χ3n) is 5.41. The van der Waals surface area contributed by atoms with Crippen molar-refractivity contribution in [2.75, 3.05) is 18.9 Å². The van der Waals surface area contributed by atoms with Crippen LogP contribution in [0.4, 0.5) is 18.9 Å². The van der Waals surface area contributed by atoms with E-state index in [1.807, 2.05) is 12.1 Å². The van der Waals surface area contributed by atoms with E-state index in [4.69, 9.17) is 16.4 Å². The number of halogens is 4. The Morgan fingerprint density at radius 3 is 2.68 bits per heavy atom. The summed E-state index contributed by atoms with van der Waals surface area (Å²) in [4.78, 5) is 22.1. The Morgan fingerprint density at radius 1 is 1.22 bits per heavy atom. The molecule has 2 N–H and O–H groups in total. The fraction of sp³-hybridized carbons (Fsp3) is 0.192. The van der Waals surface area contributed by atoms with Crippen molar-refractivity contribution in [1.82, 2.24) is 5.32 Å². The molecule has 11 heteroatoms. The first-order valence-electron chi connectivity index (χ1n) is 11.2. The maximum Gasteiger partial charge on any atom is 0.416 e. The van der Waals surface area contributed by atoms with E-state index in [2.05, 4.69) is 20.8 Å². The zero-order valence-corrected chi connectivity index (χ0v) is 21.1. The molecule has 1 atom stereocenters. The van der Waals surface area contributed by atoms with E-state index < -0.39 is 11.7 Å². The molecule has 1 amide bonds. The van der Waals surface area contributed by atoms with Gasteiger partial charge in [-0.3, -0.25) is 9.79 Å². The average Bonchev–Trinajstić information content (AvgIpc) is 3.54. The van der Waals surface area contributed by atoms with Crippen LogP contribution in [0.5, 0.6) is 0 Å². The number of carbonyl (C=O) groups excluding carboxylic acids is 1. The molecule has 2 aromatic carbocycles. The molecular formula is C26H22ClF3N4O2S. The second-order valence-electron chi connectivity index (χ2n) is 8.05. The van der Waals surface area contributed by atoms with Crippen molar-refractivity contribution in [3.63, 3.8) is 0 Å². The molecule has 1 aliphatic rings. The number of hydrogen-bond donors (Lipinski definition) is 2. The summed E-state index contributed by atoms with van der Waals surface area (Å²) in [5, 5.41) is 10.1. The van der Waals surface area contributed by atoms with Crippen molar-refractivity contribution in [3.05, 3.63) is 92.6 Å². The molecule has 0 bridgehead atoms. The predicted molar refractivity (Wildman–Crippen MR) is 142 cm³/mol. The summed E-state index contributed by atoms with van der Waals surface area (Å²) in [6.45, 7) is 0.297. The van der Waals surface area contributed by atoms with Gasteiger partial charge in [-0.25, -0.2) is 0 Å². The molecular weight excluding hydrogens is 525 g/mol. The van der Waals surface area contributed by atoms with E-state index in [9.17, 15) is 18.0 Å². The number of carbonyl (C=O) groups is 1. The molecule has 0 fully saturated rings. The maximum atomic E-state index is 13.2. The van der Waals surface area contributed by atoms with Gasteiger partial charge in [-0.2, -0.15) is 13.2 Å². The van der Waals surface area contributed by atoms with E-state index >= 15 is 0 Å². The molecule has 1 aromatic heterocycles. The van der Waals surface area contributed by atoms with Gasteiger partial charge in [0.1, 0.15) is 6.10 Å². The van der Waals surface area contributed by atoms with Crippen LogP contribution in [0.3, 0.4) is 0 Å². The highest BCUT2D eigenvalue weighted by Gasteiger charge is 2.30. The molecule has 192 valence electrons. The zero-order valence-electron chi connectivity index (χ0n) is 19.6. The van der Waals surface area contributed by atoms with Crippen molar-refractivity contribution < 1.29 is 22.8 Å². The Balaban J connectivity index is 1.38. The molecule has 1 unspecified atom stereocenters. The number of nitrogens with one attached hydrogen (secondary N) is 2. The summed E-state index contributed by atoms with van der Waals surface area (Å²) in [6, 6.07) is 15.7. The Hall–Kier alpha value is -3.63. The monoisotopic (exact) mass is 546 g/mol. The number of rotatable bonds is 8. The van der Waals surface area contributed by atoms with E-state index in [1.54, 1.807) is 43.5 Å². The van der Waals surface area contributed by atoms with Crippen LogP contribution in [0.1, 0.15) is 32.8 Å². The van der Waals surface area contributed by atoms with Crippen LogP contribution in [0, 0.1) is 0 Å². The largest absolute Gasteiger partial charge is 0.416 e. The van der Waals surface area contributed by atoms with Gasteiger partial charge in [0.2, 0.25) is 0 Å². The first kappa shape index (κ1) is 26.4. The van der Waals surface area contributed by atoms with Crippen LogP contribution in [0.25, 0.3) is 5.70 Å². The number of amides is 1. The zero-order chi connectivity index (χ0) is 26.4. The van der Waals surface area contributed by atoms with Gasteiger partial charge in [-0.1, -0.05) is 41.0 Å². The molecule has 0 radical (unpaired) electrons. The summed E-state index contributed by atoms with van der Waals surface area (Å²) >= 11 is 7.08. The summed E-state index contributed by atoms with van der Waals surface area (Å²) in [5.74, 6) is -0.220. The van der Waals surface area contributed by atoms with Gasteiger partial charge in [0.25, 0.3) is 5.91 Å². The fourth-order valence-corrected chi connectivity index (χ4v) is 4.52. The molecule has 0 saturated carbocycles. The number of anilines is 1. The predicted octanol–water partition coefficient (Wildman–Crippen LogP) is 6.50. The minimum absolute atomic E-state index is 0.220. The molecule has 2 heterocycles. The highest BCUT2D eigenvalue weighted by Crippen LogP contribution is 2.31. The number of aliphatic imine (C=N–C) groups is 1. The van der Waals surface area contributed by atoms with Crippen molar-refractivity contribution in [3.8, 4) is 0 Å². The fourth-order valence-electron chi connectivity index (χ4n) is 3.56. The van der Waals surface area contributed by atoms with E-state index in [-0.39, 0.29) is 12.0 Å². The number of alkyl halides is 3. The SMILES string of the molecule is C/N=C\C=C(\Nc1ccc(C2=NOC(CNC(=O)c3ccc(Cl)s3)C2)cc1)c1cccc(C(F)(F)F)c1. The Bertz CT molecular complexity index is 1350. The van der Waals surface area contributed by atoms with E-state index in [0.29, 0.717) is 39.1 Å². The van der Waals surface area contributed by atoms with Gasteiger partial charge in [0.05, 0.1) is 27.0 Å². The standard InChI is InChI=1S/C26H22ClF3N4O2S/c1-31-12-11-21(17-3-2-4-18(13-17)26(28,29)30)33-19-7-5-16(6-8-19)22-14-20(36-34-22)15-32-25(35)23-9-10-24(27)37-23/h2-13,20,33H,14-15H2,1H3,(H,32,35)/b21-11+,31-12-. The highest BCUT2D eigenvalue weighted by molar-refractivity contribution is 7.18. The minimum Gasteiger partial charge on any atom is -0.390 e. The lowest BCUT2D eigenvalue weighted by Crippen LogP contribution is -2.31. The van der Waals surface area contributed by atoms with Crippen molar-refractivity contribution in [2.24, 2.45) is 10.1 Å². The van der Waals surface area contributed by atoms with Gasteiger partial charge < -0.3 is 15.5 Å². The summed E-state index contributed by atoms with van der Waals surface area (Å²) in [7, 11) is 1.58. The second kappa shape index (κ2) is 11.6. The smallest absolute Gasteiger partial charge is 0.390 e. The third kappa shape index (κ3) is 6.99. The third-order valence-corrected chi connectivity index (χ3v) is 6.64. The average molecular weight is 547 g/mol. The molecule has 6 nitrogen and oxygen atoms in total. The number of allylic oxidation sites excluding steroid dienone is 1. The summed E-state index contributed by atoms with van der Waals surface area (Å²) < 4.78 is 40.1. The molecule has 0 aliphatic carbocycles. The summed E-state index contributed by atoms with van der Waals surface area (Å²) in [5.41, 5.74) is 2.36. The van der Waals surface area contributed by atoms with Gasteiger partial charge in [-0.15, -0.1) is 11.3 Å². The topological polar surface area (TPSA) is 75.1 Å². The Kier molecular flexibility index (Phi) is 8.30. The quantitative estimate of drug-likeness (QED) is 0.317. The normalized spacial score (nSPS) is 16.0. The van der Waals surface area contributed by atoms with Crippen LogP contribution in [-0.4, -0.2) is 37.5 Å². The van der Waals surface area contributed by atoms with Crippen molar-refractivity contribution in [1.29, 1.82) is 0 Å². The van der Waals surface area contributed by atoms with Crippen LogP contribution in [0.15, 0.2) is 76.9 Å². The number of thiophene rings is 1. The number of benzene rings is 2. The molecule has 4 rings (SSSR count). The molecule has 3 aromatic rings. The number of nitrogens with zero attached hydrogens (tertiary/aromatic N) is 2. The first-order valence-corrected chi connectivity index (χ1v) is 12.4. The highest BCUT2D eigenvalue weighted by atomic mass is 35.5. The van der Waals surface area contributed by atoms with E-state index in [0.717, 1.165) is 23.4 Å². The second-order valence-corrected chi connectivity index (χ2v) is 9.77. The van der Waals surface area contributed by atoms with Gasteiger partial charge in [0.15, 0.2) is 0 Å². The van der Waals surface area contributed by atoms with Crippen molar-refractivity contribution in [2.45, 2.75) is 18.7 Å². The van der Waals surface area contributed by atoms with Gasteiger partial charge in [0, 0.05) is 31.1 Å². The van der Waals surface area contributed by atoms with Crippen LogP contribution in [-0.2, 0) is 11.0 Å². The first-order chi connectivity index (χ1) is 17.7. The lowest BCUT2D eigenvalue weighted by atomic mass is 10.0. The lowest BCUT2D eigenvalue weighted by molar-refractivity contribution is -0.137. The lowest BCUT2D eigenvalue weighted by Gasteiger charge is -2.14. The van der Waals surface area contributed by atoms with Crippen LogP contribution >= 0.6 is 22.9 Å². The molecule has 0 saturated heterocycles.